The number of esters is 1. The summed E-state index contributed by atoms with van der Waals surface area (Å²) in [6.07, 6.45) is 0. The van der Waals surface area contributed by atoms with Gasteiger partial charge in [0.1, 0.15) is 6.54 Å². The van der Waals surface area contributed by atoms with Gasteiger partial charge in [0.2, 0.25) is 5.91 Å². The van der Waals surface area contributed by atoms with Crippen molar-refractivity contribution in [3.05, 3.63) is 0 Å². The van der Waals surface area contributed by atoms with E-state index in [0.29, 0.717) is 0 Å². The maximum atomic E-state index is 11.4. The third-order valence-electron chi connectivity index (χ3n) is 1.94. The molecule has 0 aromatic carbocycles. The molecule has 3 N–H and O–H groups in total. The van der Waals surface area contributed by atoms with E-state index in [9.17, 15) is 9.59 Å². The molecule has 0 atom stereocenters. The first kappa shape index (κ1) is 13.9. The molecule has 0 saturated heterocycles. The molecule has 0 aliphatic carbocycles. The summed E-state index contributed by atoms with van der Waals surface area (Å²) in [4.78, 5) is 22.3. The van der Waals surface area contributed by atoms with Gasteiger partial charge >= 0.3 is 5.97 Å². The number of hydrogen-bond acceptors (Lipinski definition) is 5. The van der Waals surface area contributed by atoms with Crippen molar-refractivity contribution in [2.24, 2.45) is 5.41 Å². The minimum Gasteiger partial charge on any atom is -0.465 e. The van der Waals surface area contributed by atoms with Crippen LogP contribution in [0, 0.1) is 5.41 Å². The third-order valence-corrected chi connectivity index (χ3v) is 1.94. The van der Waals surface area contributed by atoms with Gasteiger partial charge in [0.05, 0.1) is 25.2 Å². The molecular formula is C9H17NO5. The van der Waals surface area contributed by atoms with Crippen LogP contribution in [0.25, 0.3) is 0 Å². The van der Waals surface area contributed by atoms with E-state index in [0.717, 1.165) is 0 Å². The van der Waals surface area contributed by atoms with Gasteiger partial charge in [-0.15, -0.1) is 0 Å². The van der Waals surface area contributed by atoms with E-state index < -0.39 is 30.5 Å². The summed E-state index contributed by atoms with van der Waals surface area (Å²) < 4.78 is 4.59. The molecule has 1 amide bonds. The van der Waals surface area contributed by atoms with Gasteiger partial charge in [-0.25, -0.2) is 0 Å². The Morgan fingerprint density at radius 3 is 2.27 bits per heavy atom. The Morgan fingerprint density at radius 1 is 1.33 bits per heavy atom. The fourth-order valence-corrected chi connectivity index (χ4v) is 0.771. The van der Waals surface area contributed by atoms with Crippen LogP contribution in [0.4, 0.5) is 0 Å². The first-order valence-corrected chi connectivity index (χ1v) is 4.65. The predicted octanol–water partition coefficient (Wildman–Crippen LogP) is -1.34. The second kappa shape index (κ2) is 6.36. The minimum atomic E-state index is -1.27. The second-order valence-electron chi connectivity index (χ2n) is 3.36. The lowest BCUT2D eigenvalue weighted by Crippen LogP contribution is -2.45. The summed E-state index contributed by atoms with van der Waals surface area (Å²) in [5.41, 5.74) is -1.27. The number of nitrogens with one attached hydrogen (secondary N) is 1. The number of carbonyl (C=O) groups is 2. The Hall–Kier alpha value is -1.14. The molecule has 0 fully saturated rings. The molecule has 0 radical (unpaired) electrons. The van der Waals surface area contributed by atoms with Gasteiger partial charge in [-0.3, -0.25) is 9.59 Å². The summed E-state index contributed by atoms with van der Waals surface area (Å²) in [5, 5.41) is 20.1. The van der Waals surface area contributed by atoms with Gasteiger partial charge in [0.25, 0.3) is 0 Å². The molecule has 0 aromatic rings. The quantitative estimate of drug-likeness (QED) is 0.480. The molecule has 15 heavy (non-hydrogen) atoms. The maximum absolute atomic E-state index is 11.4. The summed E-state index contributed by atoms with van der Waals surface area (Å²) in [6.45, 7) is 2.06. The van der Waals surface area contributed by atoms with Gasteiger partial charge in [-0.1, -0.05) is 0 Å². The van der Waals surface area contributed by atoms with Crippen molar-refractivity contribution in [1.82, 2.24) is 5.32 Å². The van der Waals surface area contributed by atoms with Crippen LogP contribution in [0.1, 0.15) is 13.8 Å². The van der Waals surface area contributed by atoms with Crippen LogP contribution in [0.5, 0.6) is 0 Å². The van der Waals surface area contributed by atoms with E-state index in [1.165, 1.54) is 6.92 Å². The van der Waals surface area contributed by atoms with E-state index in [1.54, 1.807) is 6.92 Å². The fourth-order valence-electron chi connectivity index (χ4n) is 0.771. The number of aliphatic hydroxyl groups is 2. The molecule has 0 bridgehead atoms. The third kappa shape index (κ3) is 4.26. The standard InChI is InChI=1S/C9H17NO5/c1-3-15-7(13)4-10-8(14)9(2,5-11)6-12/h11-12H,3-6H2,1-2H3,(H,10,14). The van der Waals surface area contributed by atoms with E-state index in [1.807, 2.05) is 0 Å². The van der Waals surface area contributed by atoms with Crippen molar-refractivity contribution in [3.63, 3.8) is 0 Å². The van der Waals surface area contributed by atoms with Gasteiger partial charge < -0.3 is 20.3 Å². The zero-order chi connectivity index (χ0) is 11.9. The zero-order valence-corrected chi connectivity index (χ0v) is 8.95. The van der Waals surface area contributed by atoms with Gasteiger partial charge in [-0.2, -0.15) is 0 Å². The first-order chi connectivity index (χ1) is 7.00. The van der Waals surface area contributed by atoms with Crippen LogP contribution in [-0.2, 0) is 14.3 Å². The molecule has 0 aliphatic heterocycles. The summed E-state index contributed by atoms with van der Waals surface area (Å²) in [7, 11) is 0. The van der Waals surface area contributed by atoms with Crippen LogP contribution < -0.4 is 5.32 Å². The molecule has 0 aliphatic rings. The van der Waals surface area contributed by atoms with E-state index in [-0.39, 0.29) is 13.2 Å². The largest absolute Gasteiger partial charge is 0.465 e. The minimum absolute atomic E-state index is 0.242. The lowest BCUT2D eigenvalue weighted by molar-refractivity contribution is -0.145. The van der Waals surface area contributed by atoms with Crippen molar-refractivity contribution in [1.29, 1.82) is 0 Å². The number of ether oxygens (including phenoxy) is 1. The van der Waals surface area contributed by atoms with E-state index in [4.69, 9.17) is 10.2 Å². The molecule has 0 saturated carbocycles. The highest BCUT2D eigenvalue weighted by Crippen LogP contribution is 2.13. The topological polar surface area (TPSA) is 95.9 Å². The fraction of sp³-hybridized carbons (Fsp3) is 0.778. The SMILES string of the molecule is CCOC(=O)CNC(=O)C(C)(CO)CO. The Balaban J connectivity index is 4.08. The smallest absolute Gasteiger partial charge is 0.325 e. The predicted molar refractivity (Wildman–Crippen MR) is 51.9 cm³/mol. The molecule has 0 spiro atoms. The van der Waals surface area contributed by atoms with Gasteiger partial charge in [0, 0.05) is 0 Å². The highest BCUT2D eigenvalue weighted by molar-refractivity contribution is 5.86. The van der Waals surface area contributed by atoms with Crippen LogP contribution in [0.3, 0.4) is 0 Å². The lowest BCUT2D eigenvalue weighted by Gasteiger charge is -2.22. The highest BCUT2D eigenvalue weighted by Gasteiger charge is 2.31. The monoisotopic (exact) mass is 219 g/mol. The van der Waals surface area contributed by atoms with Crippen molar-refractivity contribution in [3.8, 4) is 0 Å². The van der Waals surface area contributed by atoms with Crippen molar-refractivity contribution in [2.45, 2.75) is 13.8 Å². The van der Waals surface area contributed by atoms with Crippen LogP contribution in [-0.4, -0.2) is 48.5 Å². The molecule has 0 aromatic heterocycles. The summed E-state index contributed by atoms with van der Waals surface area (Å²) in [5.74, 6) is -1.13. The van der Waals surface area contributed by atoms with Crippen molar-refractivity contribution in [2.75, 3.05) is 26.4 Å². The Morgan fingerprint density at radius 2 is 1.87 bits per heavy atom. The maximum Gasteiger partial charge on any atom is 0.325 e. The molecule has 6 heteroatoms. The molecule has 6 nitrogen and oxygen atoms in total. The number of amides is 1. The van der Waals surface area contributed by atoms with Crippen LogP contribution in [0.2, 0.25) is 0 Å². The Kier molecular flexibility index (Phi) is 5.88. The number of rotatable bonds is 6. The van der Waals surface area contributed by atoms with Crippen molar-refractivity contribution >= 4 is 11.9 Å². The normalized spacial score (nSPS) is 10.9. The lowest BCUT2D eigenvalue weighted by atomic mass is 9.92. The molecular weight excluding hydrogens is 202 g/mol. The molecule has 88 valence electrons. The Bertz CT molecular complexity index is 225. The first-order valence-electron chi connectivity index (χ1n) is 4.65. The molecule has 0 unspecified atom stereocenters. The van der Waals surface area contributed by atoms with Crippen molar-refractivity contribution < 1.29 is 24.5 Å². The van der Waals surface area contributed by atoms with Crippen LogP contribution in [0.15, 0.2) is 0 Å². The average molecular weight is 219 g/mol. The molecule has 0 heterocycles. The number of hydrogen-bond donors (Lipinski definition) is 3. The Labute approximate surface area is 88.2 Å². The van der Waals surface area contributed by atoms with Crippen LogP contribution >= 0.6 is 0 Å². The number of carbonyl (C=O) groups excluding carboxylic acids is 2. The number of aliphatic hydroxyl groups excluding tert-OH is 2. The second-order valence-corrected chi connectivity index (χ2v) is 3.36. The average Bonchev–Trinajstić information content (AvgIpc) is 2.25. The van der Waals surface area contributed by atoms with Gasteiger partial charge in [0.15, 0.2) is 0 Å². The zero-order valence-electron chi connectivity index (χ0n) is 8.95. The van der Waals surface area contributed by atoms with E-state index >= 15 is 0 Å². The van der Waals surface area contributed by atoms with Gasteiger partial charge in [-0.05, 0) is 13.8 Å². The highest BCUT2D eigenvalue weighted by atomic mass is 16.5. The van der Waals surface area contributed by atoms with E-state index in [2.05, 4.69) is 10.1 Å². The summed E-state index contributed by atoms with van der Waals surface area (Å²) >= 11 is 0. The summed E-state index contributed by atoms with van der Waals surface area (Å²) in [6, 6.07) is 0. The molecule has 0 rings (SSSR count).